The Balaban J connectivity index is 1.97. The van der Waals surface area contributed by atoms with E-state index in [1.165, 1.54) is 0 Å². The van der Waals surface area contributed by atoms with Crippen LogP contribution in [0.3, 0.4) is 0 Å². The maximum atomic E-state index is 13.8. The van der Waals surface area contributed by atoms with Crippen LogP contribution in [-0.4, -0.2) is 13.1 Å². The maximum absolute atomic E-state index is 13.8. The third-order valence-corrected chi connectivity index (χ3v) is 3.86. The van der Waals surface area contributed by atoms with Crippen molar-refractivity contribution in [1.29, 1.82) is 0 Å². The SMILES string of the molecule is NCCCCNCc1ccc(F)c(-c2cccs2)c1. The molecule has 0 aliphatic carbocycles. The van der Waals surface area contributed by atoms with E-state index in [4.69, 9.17) is 5.73 Å². The summed E-state index contributed by atoms with van der Waals surface area (Å²) in [5.74, 6) is -0.158. The third kappa shape index (κ3) is 4.13. The van der Waals surface area contributed by atoms with E-state index in [1.54, 1.807) is 17.4 Å². The Morgan fingerprint density at radius 3 is 2.84 bits per heavy atom. The van der Waals surface area contributed by atoms with Crippen molar-refractivity contribution in [2.75, 3.05) is 13.1 Å². The quantitative estimate of drug-likeness (QED) is 0.762. The summed E-state index contributed by atoms with van der Waals surface area (Å²) < 4.78 is 13.8. The zero-order chi connectivity index (χ0) is 13.5. The zero-order valence-corrected chi connectivity index (χ0v) is 11.7. The Hall–Kier alpha value is -1.23. The summed E-state index contributed by atoms with van der Waals surface area (Å²) in [5.41, 5.74) is 7.24. The van der Waals surface area contributed by atoms with Crippen LogP contribution in [0.5, 0.6) is 0 Å². The fourth-order valence-electron chi connectivity index (χ4n) is 1.93. The lowest BCUT2D eigenvalue weighted by Gasteiger charge is -2.07. The Kier molecular flexibility index (Phi) is 5.51. The van der Waals surface area contributed by atoms with Crippen LogP contribution >= 0.6 is 11.3 Å². The molecule has 2 nitrogen and oxygen atoms in total. The van der Waals surface area contributed by atoms with Gasteiger partial charge in [-0.3, -0.25) is 0 Å². The van der Waals surface area contributed by atoms with Crippen LogP contribution in [0.25, 0.3) is 10.4 Å². The predicted octanol–water partition coefficient (Wildman–Crippen LogP) is 3.38. The van der Waals surface area contributed by atoms with Crippen molar-refractivity contribution in [2.24, 2.45) is 5.73 Å². The highest BCUT2D eigenvalue weighted by Crippen LogP contribution is 2.28. The van der Waals surface area contributed by atoms with Crippen molar-refractivity contribution in [3.8, 4) is 10.4 Å². The first-order valence-corrected chi connectivity index (χ1v) is 7.42. The molecule has 0 aliphatic heterocycles. The van der Waals surface area contributed by atoms with E-state index in [2.05, 4.69) is 5.32 Å². The molecule has 0 saturated heterocycles. The average Bonchev–Trinajstić information content (AvgIpc) is 2.94. The van der Waals surface area contributed by atoms with Crippen molar-refractivity contribution in [3.05, 3.63) is 47.1 Å². The average molecular weight is 278 g/mol. The predicted molar refractivity (Wildman–Crippen MR) is 79.7 cm³/mol. The monoisotopic (exact) mass is 278 g/mol. The molecule has 102 valence electrons. The minimum Gasteiger partial charge on any atom is -0.330 e. The number of rotatable bonds is 7. The molecule has 0 bridgehead atoms. The van der Waals surface area contributed by atoms with E-state index < -0.39 is 0 Å². The fourth-order valence-corrected chi connectivity index (χ4v) is 2.67. The summed E-state index contributed by atoms with van der Waals surface area (Å²) >= 11 is 1.56. The second kappa shape index (κ2) is 7.38. The minimum absolute atomic E-state index is 0.158. The molecule has 1 aromatic carbocycles. The van der Waals surface area contributed by atoms with Gasteiger partial charge in [-0.25, -0.2) is 4.39 Å². The molecule has 0 atom stereocenters. The lowest BCUT2D eigenvalue weighted by atomic mass is 10.1. The van der Waals surface area contributed by atoms with Gasteiger partial charge in [-0.05, 0) is 55.1 Å². The summed E-state index contributed by atoms with van der Waals surface area (Å²) in [4.78, 5) is 0.975. The number of nitrogens with one attached hydrogen (secondary N) is 1. The zero-order valence-electron chi connectivity index (χ0n) is 10.9. The molecule has 0 saturated carbocycles. The van der Waals surface area contributed by atoms with Crippen LogP contribution in [0, 0.1) is 5.82 Å². The van der Waals surface area contributed by atoms with Gasteiger partial charge >= 0.3 is 0 Å². The molecule has 0 amide bonds. The van der Waals surface area contributed by atoms with Gasteiger partial charge < -0.3 is 11.1 Å². The van der Waals surface area contributed by atoms with E-state index in [0.29, 0.717) is 5.56 Å². The van der Waals surface area contributed by atoms with Gasteiger partial charge in [0.2, 0.25) is 0 Å². The van der Waals surface area contributed by atoms with Crippen LogP contribution in [0.1, 0.15) is 18.4 Å². The lowest BCUT2D eigenvalue weighted by Crippen LogP contribution is -2.15. The number of nitrogens with two attached hydrogens (primary N) is 1. The van der Waals surface area contributed by atoms with E-state index in [-0.39, 0.29) is 5.82 Å². The molecule has 4 heteroatoms. The van der Waals surface area contributed by atoms with Crippen LogP contribution in [0.4, 0.5) is 4.39 Å². The van der Waals surface area contributed by atoms with E-state index in [0.717, 1.165) is 42.9 Å². The molecule has 19 heavy (non-hydrogen) atoms. The van der Waals surface area contributed by atoms with Crippen LogP contribution in [-0.2, 0) is 6.54 Å². The Bertz CT molecular complexity index is 497. The molecule has 0 spiro atoms. The number of hydrogen-bond acceptors (Lipinski definition) is 3. The molecular weight excluding hydrogens is 259 g/mol. The summed E-state index contributed by atoms with van der Waals surface area (Å²) in [7, 11) is 0. The van der Waals surface area contributed by atoms with Gasteiger partial charge in [-0.2, -0.15) is 0 Å². The Morgan fingerprint density at radius 1 is 1.21 bits per heavy atom. The summed E-state index contributed by atoms with van der Waals surface area (Å²) in [6, 6.07) is 9.20. The molecule has 2 rings (SSSR count). The summed E-state index contributed by atoms with van der Waals surface area (Å²) in [5, 5.41) is 5.32. The Labute approximate surface area is 117 Å². The van der Waals surface area contributed by atoms with Crippen molar-refractivity contribution in [3.63, 3.8) is 0 Å². The number of benzene rings is 1. The van der Waals surface area contributed by atoms with E-state index in [9.17, 15) is 4.39 Å². The molecule has 0 unspecified atom stereocenters. The van der Waals surface area contributed by atoms with Gasteiger partial charge in [0.15, 0.2) is 0 Å². The number of hydrogen-bond donors (Lipinski definition) is 2. The van der Waals surface area contributed by atoms with E-state index >= 15 is 0 Å². The highest BCUT2D eigenvalue weighted by Gasteiger charge is 2.06. The Morgan fingerprint density at radius 2 is 2.11 bits per heavy atom. The number of halogens is 1. The van der Waals surface area contributed by atoms with Gasteiger partial charge in [0.25, 0.3) is 0 Å². The minimum atomic E-state index is -0.158. The summed E-state index contributed by atoms with van der Waals surface area (Å²) in [6.45, 7) is 2.45. The summed E-state index contributed by atoms with van der Waals surface area (Å²) in [6.07, 6.45) is 2.12. The van der Waals surface area contributed by atoms with Crippen LogP contribution in [0.15, 0.2) is 35.7 Å². The van der Waals surface area contributed by atoms with Crippen molar-refractivity contribution < 1.29 is 4.39 Å². The normalized spacial score (nSPS) is 10.8. The molecular formula is C15H19FN2S. The molecule has 2 aromatic rings. The highest BCUT2D eigenvalue weighted by atomic mass is 32.1. The van der Waals surface area contributed by atoms with Crippen molar-refractivity contribution in [2.45, 2.75) is 19.4 Å². The van der Waals surface area contributed by atoms with Crippen LogP contribution < -0.4 is 11.1 Å². The second-order valence-corrected chi connectivity index (χ2v) is 5.41. The molecule has 1 aromatic heterocycles. The number of thiophene rings is 1. The smallest absolute Gasteiger partial charge is 0.131 e. The third-order valence-electron chi connectivity index (χ3n) is 2.95. The topological polar surface area (TPSA) is 38.0 Å². The fraction of sp³-hybridized carbons (Fsp3) is 0.333. The van der Waals surface area contributed by atoms with Crippen molar-refractivity contribution >= 4 is 11.3 Å². The molecule has 0 radical (unpaired) electrons. The van der Waals surface area contributed by atoms with Crippen LogP contribution in [0.2, 0.25) is 0 Å². The van der Waals surface area contributed by atoms with E-state index in [1.807, 2.05) is 29.6 Å². The molecule has 3 N–H and O–H groups in total. The van der Waals surface area contributed by atoms with Gasteiger partial charge in [0, 0.05) is 17.0 Å². The standard InChI is InChI=1S/C15H19FN2S/c16-14-6-5-12(11-18-8-2-1-7-17)10-13(14)15-4-3-9-19-15/h3-6,9-10,18H,1-2,7-8,11,17H2. The lowest BCUT2D eigenvalue weighted by molar-refractivity contribution is 0.619. The first kappa shape index (κ1) is 14.2. The molecule has 1 heterocycles. The van der Waals surface area contributed by atoms with Gasteiger partial charge in [-0.1, -0.05) is 12.1 Å². The first-order chi connectivity index (χ1) is 9.31. The largest absolute Gasteiger partial charge is 0.330 e. The maximum Gasteiger partial charge on any atom is 0.131 e. The first-order valence-electron chi connectivity index (χ1n) is 6.54. The highest BCUT2D eigenvalue weighted by molar-refractivity contribution is 7.13. The second-order valence-electron chi connectivity index (χ2n) is 4.46. The number of unbranched alkanes of at least 4 members (excludes halogenated alkanes) is 1. The van der Waals surface area contributed by atoms with Gasteiger partial charge in [0.05, 0.1) is 0 Å². The van der Waals surface area contributed by atoms with Gasteiger partial charge in [0.1, 0.15) is 5.82 Å². The van der Waals surface area contributed by atoms with Gasteiger partial charge in [-0.15, -0.1) is 11.3 Å². The molecule has 0 aliphatic rings. The van der Waals surface area contributed by atoms with Crippen molar-refractivity contribution in [1.82, 2.24) is 5.32 Å². The molecule has 0 fully saturated rings.